The van der Waals surface area contributed by atoms with Gasteiger partial charge in [0.1, 0.15) is 0 Å². The Morgan fingerprint density at radius 2 is 1.75 bits per heavy atom. The standard InChI is InChI=1S/C15H14Cl3NO/c16-11-3-1-2-10(6-11)8-19-9-15(20)13-7-12(17)4-5-14(13)18/h1-7,15,19-20H,8-9H2. The largest absolute Gasteiger partial charge is 0.387 e. The quantitative estimate of drug-likeness (QED) is 0.847. The number of benzene rings is 2. The molecule has 20 heavy (non-hydrogen) atoms. The van der Waals surface area contributed by atoms with Crippen LogP contribution in [0, 0.1) is 0 Å². The molecule has 0 heterocycles. The molecule has 2 N–H and O–H groups in total. The van der Waals surface area contributed by atoms with Gasteiger partial charge in [0.25, 0.3) is 0 Å². The molecule has 0 aliphatic heterocycles. The zero-order chi connectivity index (χ0) is 14.5. The number of aliphatic hydroxyl groups excluding tert-OH is 1. The van der Waals surface area contributed by atoms with Gasteiger partial charge in [0.15, 0.2) is 0 Å². The molecule has 0 radical (unpaired) electrons. The Morgan fingerprint density at radius 3 is 2.50 bits per heavy atom. The van der Waals surface area contributed by atoms with Gasteiger partial charge in [-0.05, 0) is 35.9 Å². The minimum atomic E-state index is -0.708. The Kier molecular flexibility index (Phi) is 5.70. The van der Waals surface area contributed by atoms with Crippen LogP contribution in [-0.2, 0) is 6.54 Å². The first-order chi connectivity index (χ1) is 9.56. The normalized spacial score (nSPS) is 12.4. The average molecular weight is 331 g/mol. The highest BCUT2D eigenvalue weighted by Gasteiger charge is 2.11. The van der Waals surface area contributed by atoms with E-state index in [1.54, 1.807) is 18.2 Å². The van der Waals surface area contributed by atoms with Gasteiger partial charge in [0.2, 0.25) is 0 Å². The molecule has 1 unspecified atom stereocenters. The maximum atomic E-state index is 10.1. The van der Waals surface area contributed by atoms with Gasteiger partial charge in [0, 0.05) is 33.7 Å². The lowest BCUT2D eigenvalue weighted by molar-refractivity contribution is 0.174. The number of aliphatic hydroxyl groups is 1. The van der Waals surface area contributed by atoms with E-state index in [9.17, 15) is 5.11 Å². The van der Waals surface area contributed by atoms with Crippen molar-refractivity contribution < 1.29 is 5.11 Å². The fourth-order valence-corrected chi connectivity index (χ4v) is 2.52. The molecule has 0 aliphatic rings. The van der Waals surface area contributed by atoms with Crippen LogP contribution in [0.3, 0.4) is 0 Å². The molecule has 0 bridgehead atoms. The molecule has 0 saturated heterocycles. The maximum absolute atomic E-state index is 10.1. The summed E-state index contributed by atoms with van der Waals surface area (Å²) < 4.78 is 0. The van der Waals surface area contributed by atoms with Crippen LogP contribution in [0.1, 0.15) is 17.2 Å². The molecular formula is C15H14Cl3NO. The van der Waals surface area contributed by atoms with Crippen molar-refractivity contribution in [1.82, 2.24) is 5.32 Å². The monoisotopic (exact) mass is 329 g/mol. The Hall–Kier alpha value is -0.770. The third-order valence-electron chi connectivity index (χ3n) is 2.87. The molecule has 0 spiro atoms. The van der Waals surface area contributed by atoms with Gasteiger partial charge >= 0.3 is 0 Å². The smallest absolute Gasteiger partial charge is 0.0929 e. The SMILES string of the molecule is OC(CNCc1cccc(Cl)c1)c1cc(Cl)ccc1Cl. The van der Waals surface area contributed by atoms with Crippen molar-refractivity contribution in [2.24, 2.45) is 0 Å². The van der Waals surface area contributed by atoms with E-state index in [0.29, 0.717) is 33.7 Å². The van der Waals surface area contributed by atoms with Crippen LogP contribution in [-0.4, -0.2) is 11.7 Å². The first-order valence-electron chi connectivity index (χ1n) is 6.14. The molecule has 0 aromatic heterocycles. The minimum Gasteiger partial charge on any atom is -0.387 e. The maximum Gasteiger partial charge on any atom is 0.0929 e. The van der Waals surface area contributed by atoms with E-state index >= 15 is 0 Å². The van der Waals surface area contributed by atoms with Crippen molar-refractivity contribution in [3.8, 4) is 0 Å². The molecule has 2 aromatic carbocycles. The molecule has 2 aromatic rings. The second-order valence-electron chi connectivity index (χ2n) is 4.44. The summed E-state index contributed by atoms with van der Waals surface area (Å²) in [6.07, 6.45) is -0.708. The van der Waals surface area contributed by atoms with E-state index < -0.39 is 6.10 Å². The van der Waals surface area contributed by atoms with Crippen LogP contribution >= 0.6 is 34.8 Å². The number of hydrogen-bond acceptors (Lipinski definition) is 2. The molecule has 0 amide bonds. The van der Waals surface area contributed by atoms with Crippen molar-refractivity contribution in [2.75, 3.05) is 6.54 Å². The lowest BCUT2D eigenvalue weighted by Gasteiger charge is -2.14. The van der Waals surface area contributed by atoms with Gasteiger partial charge < -0.3 is 10.4 Å². The van der Waals surface area contributed by atoms with E-state index in [2.05, 4.69) is 5.32 Å². The number of halogens is 3. The van der Waals surface area contributed by atoms with E-state index in [4.69, 9.17) is 34.8 Å². The summed E-state index contributed by atoms with van der Waals surface area (Å²) >= 11 is 17.9. The molecule has 0 saturated carbocycles. The first-order valence-corrected chi connectivity index (χ1v) is 7.28. The summed E-state index contributed by atoms with van der Waals surface area (Å²) in [6, 6.07) is 12.6. The predicted molar refractivity (Wildman–Crippen MR) is 84.6 cm³/mol. The second kappa shape index (κ2) is 7.30. The summed E-state index contributed by atoms with van der Waals surface area (Å²) in [5.41, 5.74) is 1.68. The predicted octanol–water partition coefficient (Wildman–Crippen LogP) is 4.47. The summed E-state index contributed by atoms with van der Waals surface area (Å²) in [5.74, 6) is 0. The number of rotatable bonds is 5. The Balaban J connectivity index is 1.92. The van der Waals surface area contributed by atoms with Gasteiger partial charge in [-0.3, -0.25) is 0 Å². The van der Waals surface area contributed by atoms with E-state index in [0.717, 1.165) is 5.56 Å². The third kappa shape index (κ3) is 4.37. The summed E-state index contributed by atoms with van der Waals surface area (Å²) in [6.45, 7) is 1.00. The van der Waals surface area contributed by atoms with Gasteiger partial charge in [-0.1, -0.05) is 46.9 Å². The fourth-order valence-electron chi connectivity index (χ4n) is 1.88. The molecule has 2 rings (SSSR count). The van der Waals surface area contributed by atoms with Gasteiger partial charge in [-0.2, -0.15) is 0 Å². The lowest BCUT2D eigenvalue weighted by Crippen LogP contribution is -2.21. The Morgan fingerprint density at radius 1 is 1.00 bits per heavy atom. The Labute approximate surface area is 133 Å². The van der Waals surface area contributed by atoms with E-state index in [-0.39, 0.29) is 0 Å². The van der Waals surface area contributed by atoms with E-state index in [1.165, 1.54) is 0 Å². The van der Waals surface area contributed by atoms with Crippen LogP contribution in [0.4, 0.5) is 0 Å². The molecular weight excluding hydrogens is 317 g/mol. The van der Waals surface area contributed by atoms with Crippen molar-refractivity contribution in [1.29, 1.82) is 0 Å². The molecule has 0 aliphatic carbocycles. The molecule has 5 heteroatoms. The fraction of sp³-hybridized carbons (Fsp3) is 0.200. The highest BCUT2D eigenvalue weighted by molar-refractivity contribution is 6.33. The molecule has 2 nitrogen and oxygen atoms in total. The lowest BCUT2D eigenvalue weighted by atomic mass is 10.1. The van der Waals surface area contributed by atoms with Crippen LogP contribution in [0.2, 0.25) is 15.1 Å². The summed E-state index contributed by atoms with van der Waals surface area (Å²) in [4.78, 5) is 0. The van der Waals surface area contributed by atoms with Crippen LogP contribution in [0.15, 0.2) is 42.5 Å². The zero-order valence-electron chi connectivity index (χ0n) is 10.6. The molecule has 1 atom stereocenters. The van der Waals surface area contributed by atoms with Gasteiger partial charge in [0.05, 0.1) is 6.10 Å². The van der Waals surface area contributed by atoms with Crippen LogP contribution in [0.5, 0.6) is 0 Å². The number of hydrogen-bond donors (Lipinski definition) is 2. The Bertz CT molecular complexity index is 589. The number of nitrogens with one attached hydrogen (secondary N) is 1. The minimum absolute atomic E-state index is 0.382. The highest BCUT2D eigenvalue weighted by atomic mass is 35.5. The summed E-state index contributed by atoms with van der Waals surface area (Å²) in [7, 11) is 0. The van der Waals surface area contributed by atoms with Gasteiger partial charge in [-0.25, -0.2) is 0 Å². The van der Waals surface area contributed by atoms with Crippen molar-refractivity contribution >= 4 is 34.8 Å². The van der Waals surface area contributed by atoms with Gasteiger partial charge in [-0.15, -0.1) is 0 Å². The van der Waals surface area contributed by atoms with Crippen molar-refractivity contribution in [3.05, 3.63) is 68.7 Å². The van der Waals surface area contributed by atoms with Crippen molar-refractivity contribution in [2.45, 2.75) is 12.6 Å². The average Bonchev–Trinajstić information content (AvgIpc) is 2.41. The van der Waals surface area contributed by atoms with E-state index in [1.807, 2.05) is 24.3 Å². The second-order valence-corrected chi connectivity index (χ2v) is 5.72. The van der Waals surface area contributed by atoms with Crippen LogP contribution < -0.4 is 5.32 Å². The van der Waals surface area contributed by atoms with Crippen LogP contribution in [0.25, 0.3) is 0 Å². The summed E-state index contributed by atoms with van der Waals surface area (Å²) in [5, 5.41) is 15.0. The molecule has 0 fully saturated rings. The third-order valence-corrected chi connectivity index (χ3v) is 3.69. The first kappa shape index (κ1) is 15.6. The van der Waals surface area contributed by atoms with Crippen molar-refractivity contribution in [3.63, 3.8) is 0 Å². The zero-order valence-corrected chi connectivity index (χ0v) is 12.9. The topological polar surface area (TPSA) is 32.3 Å². The highest BCUT2D eigenvalue weighted by Crippen LogP contribution is 2.26. The molecule has 106 valence electrons.